The van der Waals surface area contributed by atoms with E-state index in [-0.39, 0.29) is 11.2 Å². The minimum Gasteiger partial charge on any atom is -0.497 e. The van der Waals surface area contributed by atoms with Crippen LogP contribution in [0.2, 0.25) is 0 Å². The van der Waals surface area contributed by atoms with Crippen LogP contribution in [0.4, 0.5) is 0 Å². The molecule has 1 N–H and O–H groups in total. The molecule has 1 aromatic heterocycles. The Balaban J connectivity index is 1.45. The number of nitrogens with one attached hydrogen (secondary N) is 1. The van der Waals surface area contributed by atoms with Gasteiger partial charge < -0.3 is 10.1 Å². The zero-order valence-electron chi connectivity index (χ0n) is 18.1. The van der Waals surface area contributed by atoms with Crippen LogP contribution in [0.15, 0.2) is 57.2 Å². The maximum atomic E-state index is 12.4. The molecule has 0 bridgehead atoms. The van der Waals surface area contributed by atoms with Crippen molar-refractivity contribution in [2.45, 2.75) is 52.9 Å². The molecule has 3 aromatic rings. The fourth-order valence-electron chi connectivity index (χ4n) is 2.73. The fourth-order valence-corrected chi connectivity index (χ4v) is 5.87. The summed E-state index contributed by atoms with van der Waals surface area (Å²) in [5.74, 6) is 2.18. The van der Waals surface area contributed by atoms with Crippen LogP contribution >= 0.6 is 34.9 Å². The minimum atomic E-state index is -0.243. The van der Waals surface area contributed by atoms with Gasteiger partial charge in [0.05, 0.1) is 12.4 Å². The number of carbonyl (C=O) groups is 1. The van der Waals surface area contributed by atoms with Gasteiger partial charge in [0.25, 0.3) is 0 Å². The van der Waals surface area contributed by atoms with Gasteiger partial charge in [0.1, 0.15) is 5.75 Å². The number of benzene rings is 2. The molecule has 0 aliphatic carbocycles. The number of amides is 1. The van der Waals surface area contributed by atoms with Crippen LogP contribution in [-0.2, 0) is 17.1 Å². The van der Waals surface area contributed by atoms with Gasteiger partial charge in [-0.2, -0.15) is 0 Å². The highest BCUT2D eigenvalue weighted by molar-refractivity contribution is 8.03. The summed E-state index contributed by atoms with van der Waals surface area (Å²) in [7, 11) is 1.64. The number of ether oxygens (including phenoxy) is 1. The van der Waals surface area contributed by atoms with Crippen molar-refractivity contribution in [3.05, 3.63) is 65.2 Å². The van der Waals surface area contributed by atoms with Crippen molar-refractivity contribution in [3.8, 4) is 5.75 Å². The molecule has 2 aromatic carbocycles. The second-order valence-corrected chi connectivity index (χ2v) is 11.1. The zero-order chi connectivity index (χ0) is 22.2. The molecule has 0 saturated heterocycles. The van der Waals surface area contributed by atoms with Crippen molar-refractivity contribution in [3.63, 3.8) is 0 Å². The van der Waals surface area contributed by atoms with Gasteiger partial charge in [0.2, 0.25) is 5.91 Å². The topological polar surface area (TPSA) is 64.1 Å². The Morgan fingerprint density at radius 2 is 1.65 bits per heavy atom. The average molecular weight is 474 g/mol. The van der Waals surface area contributed by atoms with Gasteiger partial charge in [-0.15, -0.1) is 10.2 Å². The van der Waals surface area contributed by atoms with Crippen molar-refractivity contribution < 1.29 is 9.53 Å². The number of carbonyl (C=O) groups excluding carboxylic acids is 1. The molecule has 1 heterocycles. The lowest BCUT2D eigenvalue weighted by Gasteiger charge is -2.10. The fraction of sp³-hybridized carbons (Fsp3) is 0.348. The first-order valence-corrected chi connectivity index (χ1v) is 12.7. The monoisotopic (exact) mass is 473 g/mol. The second-order valence-electron chi connectivity index (χ2n) is 7.34. The van der Waals surface area contributed by atoms with E-state index in [1.807, 2.05) is 31.2 Å². The minimum absolute atomic E-state index is 0.0181. The lowest BCUT2D eigenvalue weighted by atomic mass is 10.0. The third-order valence-electron chi connectivity index (χ3n) is 4.67. The number of hydrogen-bond acceptors (Lipinski definition) is 7. The summed E-state index contributed by atoms with van der Waals surface area (Å²) in [5, 5.41) is 11.2. The summed E-state index contributed by atoms with van der Waals surface area (Å²) in [5.41, 5.74) is 3.65. The van der Waals surface area contributed by atoms with Crippen LogP contribution in [0.5, 0.6) is 5.75 Å². The summed E-state index contributed by atoms with van der Waals surface area (Å²) >= 11 is 4.65. The van der Waals surface area contributed by atoms with Gasteiger partial charge in [-0.3, -0.25) is 4.79 Å². The molecule has 31 heavy (non-hydrogen) atoms. The van der Waals surface area contributed by atoms with E-state index >= 15 is 0 Å². The number of methoxy groups -OCH3 is 1. The van der Waals surface area contributed by atoms with E-state index in [1.165, 1.54) is 34.2 Å². The third-order valence-corrected chi connectivity index (χ3v) is 7.98. The van der Waals surface area contributed by atoms with Gasteiger partial charge in [0, 0.05) is 12.3 Å². The van der Waals surface area contributed by atoms with Crippen LogP contribution in [0.1, 0.15) is 43.4 Å². The van der Waals surface area contributed by atoms with E-state index in [0.717, 1.165) is 25.7 Å². The average Bonchev–Trinajstić information content (AvgIpc) is 3.23. The molecule has 0 spiro atoms. The molecular formula is C23H27N3O2S3. The summed E-state index contributed by atoms with van der Waals surface area (Å²) in [6, 6.07) is 16.4. The summed E-state index contributed by atoms with van der Waals surface area (Å²) < 4.78 is 6.88. The molecule has 3 rings (SSSR count). The predicted molar refractivity (Wildman–Crippen MR) is 130 cm³/mol. The van der Waals surface area contributed by atoms with Crippen molar-refractivity contribution in [2.75, 3.05) is 7.11 Å². The molecule has 164 valence electrons. The Morgan fingerprint density at radius 1 is 1.00 bits per heavy atom. The van der Waals surface area contributed by atoms with E-state index in [9.17, 15) is 4.79 Å². The van der Waals surface area contributed by atoms with Gasteiger partial charge in [-0.25, -0.2) is 0 Å². The summed E-state index contributed by atoms with van der Waals surface area (Å²) in [6.45, 7) is 6.77. The standard InChI is InChI=1S/C23H27N3O2S3/c1-15(2)19-9-5-18(6-10-19)14-29-22-25-26-23(31-22)30-16(3)21(27)24-13-17-7-11-20(28-4)12-8-17/h5-12,15-16H,13-14H2,1-4H3,(H,24,27). The molecule has 5 nitrogen and oxygen atoms in total. The van der Waals surface area contributed by atoms with Crippen molar-refractivity contribution >= 4 is 40.8 Å². The highest BCUT2D eigenvalue weighted by atomic mass is 32.2. The Bertz CT molecular complexity index is 972. The smallest absolute Gasteiger partial charge is 0.233 e. The normalized spacial score (nSPS) is 12.0. The Morgan fingerprint density at radius 3 is 2.29 bits per heavy atom. The molecule has 0 fully saturated rings. The lowest BCUT2D eigenvalue weighted by Crippen LogP contribution is -2.30. The SMILES string of the molecule is COc1ccc(CNC(=O)C(C)Sc2nnc(SCc3ccc(C(C)C)cc3)s2)cc1. The molecule has 8 heteroatoms. The molecule has 0 aliphatic rings. The van der Waals surface area contributed by atoms with Crippen LogP contribution in [-0.4, -0.2) is 28.5 Å². The maximum absolute atomic E-state index is 12.4. The van der Waals surface area contributed by atoms with E-state index < -0.39 is 0 Å². The van der Waals surface area contributed by atoms with Crippen molar-refractivity contribution in [1.82, 2.24) is 15.5 Å². The van der Waals surface area contributed by atoms with Gasteiger partial charge in [0.15, 0.2) is 8.68 Å². The van der Waals surface area contributed by atoms with E-state index in [4.69, 9.17) is 4.74 Å². The Hall–Kier alpha value is -2.03. The molecule has 0 radical (unpaired) electrons. The quantitative estimate of drug-likeness (QED) is 0.378. The number of rotatable bonds is 10. The lowest BCUT2D eigenvalue weighted by molar-refractivity contribution is -0.120. The van der Waals surface area contributed by atoms with Gasteiger partial charge >= 0.3 is 0 Å². The number of aromatic nitrogens is 2. The predicted octanol–water partition coefficient (Wildman–Crippen LogP) is 5.76. The Kier molecular flexibility index (Phi) is 8.80. The van der Waals surface area contributed by atoms with Crippen LogP contribution in [0.25, 0.3) is 0 Å². The third kappa shape index (κ3) is 7.26. The van der Waals surface area contributed by atoms with Gasteiger partial charge in [-0.05, 0) is 41.7 Å². The van der Waals surface area contributed by atoms with Crippen LogP contribution < -0.4 is 10.1 Å². The highest BCUT2D eigenvalue weighted by Crippen LogP contribution is 2.33. The zero-order valence-corrected chi connectivity index (χ0v) is 20.6. The molecular weight excluding hydrogens is 446 g/mol. The van der Waals surface area contributed by atoms with E-state index in [0.29, 0.717) is 12.5 Å². The summed E-state index contributed by atoms with van der Waals surface area (Å²) in [6.07, 6.45) is 0. The molecule has 1 amide bonds. The molecule has 1 atom stereocenters. The van der Waals surface area contributed by atoms with Crippen molar-refractivity contribution in [1.29, 1.82) is 0 Å². The largest absolute Gasteiger partial charge is 0.497 e. The van der Waals surface area contributed by atoms with Crippen LogP contribution in [0.3, 0.4) is 0 Å². The van der Waals surface area contributed by atoms with Gasteiger partial charge in [-0.1, -0.05) is 85.1 Å². The first kappa shape index (κ1) is 23.6. The molecule has 0 aliphatic heterocycles. The molecule has 1 unspecified atom stereocenters. The first-order valence-electron chi connectivity index (χ1n) is 10.1. The number of hydrogen-bond donors (Lipinski definition) is 1. The number of thioether (sulfide) groups is 2. The highest BCUT2D eigenvalue weighted by Gasteiger charge is 2.17. The van der Waals surface area contributed by atoms with E-state index in [1.54, 1.807) is 18.9 Å². The first-order chi connectivity index (χ1) is 14.9. The van der Waals surface area contributed by atoms with Crippen molar-refractivity contribution in [2.24, 2.45) is 0 Å². The Labute approximate surface area is 196 Å². The van der Waals surface area contributed by atoms with Crippen LogP contribution in [0, 0.1) is 0 Å². The van der Waals surface area contributed by atoms with E-state index in [2.05, 4.69) is 53.6 Å². The maximum Gasteiger partial charge on any atom is 0.233 e. The number of nitrogens with zero attached hydrogens (tertiary/aromatic N) is 2. The second kappa shape index (κ2) is 11.5. The summed E-state index contributed by atoms with van der Waals surface area (Å²) in [4.78, 5) is 12.4. The molecule has 0 saturated carbocycles.